The summed E-state index contributed by atoms with van der Waals surface area (Å²) in [6.45, 7) is 41.4. The summed E-state index contributed by atoms with van der Waals surface area (Å²) in [6.07, 6.45) is 9.23. The van der Waals surface area contributed by atoms with Crippen molar-refractivity contribution in [3.8, 4) is 17.2 Å². The maximum absolute atomic E-state index is 12.6. The van der Waals surface area contributed by atoms with Gasteiger partial charge in [0.15, 0.2) is 11.5 Å². The Morgan fingerprint density at radius 2 is 1.01 bits per heavy atom. The second-order valence-electron chi connectivity index (χ2n) is 29.6. The van der Waals surface area contributed by atoms with Gasteiger partial charge in [0.25, 0.3) is 0 Å². The Kier molecular flexibility index (Phi) is 31.5. The summed E-state index contributed by atoms with van der Waals surface area (Å²) in [7, 11) is 5.73. The van der Waals surface area contributed by atoms with E-state index in [2.05, 4.69) is 221 Å². The first-order chi connectivity index (χ1) is 48.1. The minimum atomic E-state index is -0.351. The third-order valence-corrected chi connectivity index (χ3v) is 19.7. The van der Waals surface area contributed by atoms with Crippen LogP contribution in [0.4, 0.5) is 27.1 Å². The molecular weight excluding hydrogens is 1300 g/mol. The van der Waals surface area contributed by atoms with Gasteiger partial charge in [-0.05, 0) is 209 Å². The molecule has 101 heavy (non-hydrogen) atoms. The van der Waals surface area contributed by atoms with Crippen molar-refractivity contribution in [2.45, 2.75) is 183 Å². The van der Waals surface area contributed by atoms with Gasteiger partial charge >= 0.3 is 0 Å². The standard InChI is InChI=1S/C15H22N2O.C14H19NO.C13H19ClN2.C13H16.C12H17NO.C11H14O2.C9H10ClF/c1-11(2)12-5-6-14-13(9-12)7-8-17(14)15(18)10-16(3)4;1-10(2)11-7-8-13-12(9-11)5-4-6-14(16)15(13)3;1-10(2)11-3-4-13(12(14)9-11)16-7-5-15-6-8-16;1-9(2)11-6-7-13-10(3)4-5-12(13)8-11;1-9(2)10-4-5-12-11(8-10)13-6-3-7-14-12;1-8(2)9-3-4-10-11(7-9)13-6-5-12-10;1-6(2)7-3-4-9(11)8(10)5-7/h5-6,9,11H,7-8,10H2,1-4H3;7-10H,4-6H2,1-3H3;3-4,9-10,15H,5-8H2,1-2H3;4-10H,1-3H3;4-5,8-9,13H,3,6-7H2,1-2H3;3-4,7-8H,5-6H2,1-2H3;3-6H,1-2H3. The van der Waals surface area contributed by atoms with E-state index in [-0.39, 0.29) is 22.7 Å². The average molecular weight is 1420 g/mol. The molecule has 5 heterocycles. The molecule has 2 amide bonds. The number of allylic oxidation sites excluding steroid dienone is 1. The summed E-state index contributed by atoms with van der Waals surface area (Å²) >= 11 is 11.9. The number of amides is 2. The second kappa shape index (κ2) is 39.3. The molecule has 1 aliphatic carbocycles. The molecule has 11 nitrogen and oxygen atoms in total. The van der Waals surface area contributed by atoms with Gasteiger partial charge in [0.1, 0.15) is 24.8 Å². The molecule has 13 rings (SSSR count). The van der Waals surface area contributed by atoms with Gasteiger partial charge in [-0.2, -0.15) is 0 Å². The molecule has 1 fully saturated rings. The van der Waals surface area contributed by atoms with Crippen LogP contribution in [0.25, 0.3) is 6.08 Å². The van der Waals surface area contributed by atoms with E-state index in [9.17, 15) is 14.0 Å². The van der Waals surface area contributed by atoms with Crippen LogP contribution >= 0.6 is 23.2 Å². The fraction of sp³-hybridized carbons (Fsp3) is 0.471. The van der Waals surface area contributed by atoms with E-state index < -0.39 is 0 Å². The lowest BCUT2D eigenvalue weighted by Crippen LogP contribution is -2.43. The SMILES string of the molecule is CC(C)c1ccc(F)c(Cl)c1.CC(C)c1ccc(N2CCNCC2)c(Cl)c1.CC(C)c1ccc2c(c1)C=CC2C.CC(C)c1ccc2c(c1)CCCC(=O)N2C.CC(C)c1ccc2c(c1)CCN2C(=O)CN(C)C.CC(C)c1ccc2c(c1)NCCCO2.CC(C)c1ccc2c(c1)OCCO2. The van der Waals surface area contributed by atoms with E-state index in [1.807, 2.05) is 50.9 Å². The summed E-state index contributed by atoms with van der Waals surface area (Å²) < 4.78 is 29.2. The molecule has 2 N–H and O–H groups in total. The minimum Gasteiger partial charge on any atom is -0.491 e. The average Bonchev–Trinajstić information content (AvgIpc) is 1.69. The van der Waals surface area contributed by atoms with Gasteiger partial charge in [-0.25, -0.2) is 4.39 Å². The summed E-state index contributed by atoms with van der Waals surface area (Å²) in [5.74, 6) is 7.20. The van der Waals surface area contributed by atoms with Crippen LogP contribution in [-0.2, 0) is 22.4 Å². The van der Waals surface area contributed by atoms with Crippen molar-refractivity contribution in [1.82, 2.24) is 10.2 Å². The molecule has 6 aliphatic rings. The van der Waals surface area contributed by atoms with E-state index in [1.165, 1.54) is 67.4 Å². The number of anilines is 4. The molecule has 5 aliphatic heterocycles. The molecule has 7 aromatic rings. The number of benzene rings is 7. The molecule has 1 saturated heterocycles. The Morgan fingerprint density at radius 3 is 1.59 bits per heavy atom. The predicted molar refractivity (Wildman–Crippen MR) is 427 cm³/mol. The van der Waals surface area contributed by atoms with Gasteiger partial charge in [-0.15, -0.1) is 0 Å². The molecule has 546 valence electrons. The highest BCUT2D eigenvalue weighted by Crippen LogP contribution is 2.37. The Bertz CT molecular complexity index is 3840. The molecule has 0 saturated carbocycles. The van der Waals surface area contributed by atoms with Crippen molar-refractivity contribution in [2.24, 2.45) is 0 Å². The van der Waals surface area contributed by atoms with E-state index in [1.54, 1.807) is 17.0 Å². The molecular formula is C87H117Cl2FN6O5. The molecule has 0 spiro atoms. The van der Waals surface area contributed by atoms with Gasteiger partial charge in [0, 0.05) is 64.1 Å². The fourth-order valence-corrected chi connectivity index (χ4v) is 13.0. The van der Waals surface area contributed by atoms with E-state index in [0.29, 0.717) is 73.5 Å². The maximum atomic E-state index is 12.6. The fourth-order valence-electron chi connectivity index (χ4n) is 12.5. The number of ether oxygens (including phenoxy) is 3. The molecule has 0 radical (unpaired) electrons. The number of halogens is 3. The third-order valence-electron chi connectivity index (χ3n) is 19.1. The maximum Gasteiger partial charge on any atom is 0.241 e. The van der Waals surface area contributed by atoms with Crippen molar-refractivity contribution in [3.05, 3.63) is 211 Å². The van der Waals surface area contributed by atoms with Crippen LogP contribution in [0.5, 0.6) is 17.2 Å². The second-order valence-corrected chi connectivity index (χ2v) is 30.5. The van der Waals surface area contributed by atoms with Crippen molar-refractivity contribution >= 4 is 63.8 Å². The number of carbonyl (C=O) groups excluding carboxylic acids is 2. The number of nitrogens with zero attached hydrogens (tertiary/aromatic N) is 4. The lowest BCUT2D eigenvalue weighted by Gasteiger charge is -2.30. The highest BCUT2D eigenvalue weighted by atomic mass is 35.5. The number of fused-ring (bicyclic) bond motifs is 5. The summed E-state index contributed by atoms with van der Waals surface area (Å²) in [4.78, 5) is 31.8. The van der Waals surface area contributed by atoms with Crippen LogP contribution < -0.4 is 39.5 Å². The van der Waals surface area contributed by atoms with Crippen LogP contribution in [-0.4, -0.2) is 103 Å². The number of likely N-dealkylation sites (N-methyl/N-ethyl adjacent to an activating group) is 1. The summed E-state index contributed by atoms with van der Waals surface area (Å²) in [5.41, 5.74) is 19.2. The summed E-state index contributed by atoms with van der Waals surface area (Å²) in [5, 5.41) is 7.83. The number of hydrogen-bond acceptors (Lipinski definition) is 9. The van der Waals surface area contributed by atoms with Crippen molar-refractivity contribution < 1.29 is 28.2 Å². The zero-order chi connectivity index (χ0) is 73.6. The molecule has 14 heteroatoms. The van der Waals surface area contributed by atoms with Crippen molar-refractivity contribution in [3.63, 3.8) is 0 Å². The first kappa shape index (κ1) is 81.0. The number of hydrogen-bond donors (Lipinski definition) is 2. The Hall–Kier alpha value is -7.35. The normalized spacial score (nSPS) is 15.5. The first-order valence-electron chi connectivity index (χ1n) is 37.0. The number of rotatable bonds is 10. The van der Waals surface area contributed by atoms with Crippen LogP contribution in [0, 0.1) is 5.82 Å². The Balaban J connectivity index is 0.000000166. The topological polar surface area (TPSA) is 98.9 Å². The third kappa shape index (κ3) is 23.9. The smallest absolute Gasteiger partial charge is 0.241 e. The molecule has 0 bridgehead atoms. The quantitative estimate of drug-likeness (QED) is 0.139. The van der Waals surface area contributed by atoms with Crippen molar-refractivity contribution in [2.75, 3.05) is 107 Å². The van der Waals surface area contributed by atoms with Gasteiger partial charge in [-0.1, -0.05) is 206 Å². The molecule has 0 aromatic heterocycles. The highest BCUT2D eigenvalue weighted by Gasteiger charge is 2.26. The zero-order valence-electron chi connectivity index (χ0n) is 64.0. The Labute approximate surface area is 616 Å². The number of aryl methyl sites for hydroxylation is 1. The minimum absolute atomic E-state index is 0.191. The molecule has 1 unspecified atom stereocenters. The Morgan fingerprint density at radius 1 is 0.525 bits per heavy atom. The van der Waals surface area contributed by atoms with Gasteiger partial charge in [0.2, 0.25) is 11.8 Å². The number of nitrogens with one attached hydrogen (secondary N) is 2. The van der Waals surface area contributed by atoms with Gasteiger partial charge < -0.3 is 44.4 Å². The van der Waals surface area contributed by atoms with Crippen LogP contribution in [0.1, 0.15) is 232 Å². The van der Waals surface area contributed by atoms with E-state index >= 15 is 0 Å². The lowest BCUT2D eigenvalue weighted by atomic mass is 9.96. The van der Waals surface area contributed by atoms with Crippen LogP contribution in [0.3, 0.4) is 0 Å². The highest BCUT2D eigenvalue weighted by molar-refractivity contribution is 6.33. The number of carbonyl (C=O) groups is 2. The monoisotopic (exact) mass is 1410 g/mol. The van der Waals surface area contributed by atoms with Crippen molar-refractivity contribution in [1.29, 1.82) is 0 Å². The van der Waals surface area contributed by atoms with E-state index in [0.717, 1.165) is 116 Å². The van der Waals surface area contributed by atoms with Gasteiger partial charge in [0.05, 0.1) is 34.6 Å². The zero-order valence-corrected chi connectivity index (χ0v) is 65.5. The summed E-state index contributed by atoms with van der Waals surface area (Å²) in [6, 6.07) is 43.7. The van der Waals surface area contributed by atoms with Crippen LogP contribution in [0.2, 0.25) is 10.0 Å². The van der Waals surface area contributed by atoms with Crippen LogP contribution in [0.15, 0.2) is 133 Å². The predicted octanol–water partition coefficient (Wildman–Crippen LogP) is 21.4. The van der Waals surface area contributed by atoms with E-state index in [4.69, 9.17) is 37.4 Å². The lowest BCUT2D eigenvalue weighted by molar-refractivity contribution is -0.119. The molecule has 7 aromatic carbocycles. The number of piperazine rings is 1. The van der Waals surface area contributed by atoms with Gasteiger partial charge in [-0.3, -0.25) is 9.59 Å². The first-order valence-corrected chi connectivity index (χ1v) is 37.8. The largest absolute Gasteiger partial charge is 0.491 e. The molecule has 1 atom stereocenters.